The number of carbonyl (C=O) groups is 1. The van der Waals surface area contributed by atoms with Gasteiger partial charge in [0.25, 0.3) is 0 Å². The van der Waals surface area contributed by atoms with Crippen LogP contribution in [0.1, 0.15) is 10.6 Å². The summed E-state index contributed by atoms with van der Waals surface area (Å²) in [6, 6.07) is 4.52. The lowest BCUT2D eigenvalue weighted by Gasteiger charge is -2.20. The Hall–Kier alpha value is -1.34. The number of rotatable bonds is 2. The second-order valence-electron chi connectivity index (χ2n) is 5.08. The van der Waals surface area contributed by atoms with Crippen molar-refractivity contribution in [3.05, 3.63) is 38.8 Å². The minimum atomic E-state index is -0.386. The number of benzene rings is 1. The summed E-state index contributed by atoms with van der Waals surface area (Å²) in [5, 5.41) is 6.96. The molecule has 2 N–H and O–H groups in total. The van der Waals surface area contributed by atoms with Crippen LogP contribution in [0.5, 0.6) is 0 Å². The van der Waals surface area contributed by atoms with E-state index in [1.54, 1.807) is 18.2 Å². The van der Waals surface area contributed by atoms with Crippen molar-refractivity contribution >= 4 is 51.4 Å². The maximum Gasteiger partial charge on any atom is 0.325 e. The number of thiazole rings is 1. The van der Waals surface area contributed by atoms with Crippen molar-refractivity contribution in [3.8, 4) is 0 Å². The van der Waals surface area contributed by atoms with Gasteiger partial charge in [0.1, 0.15) is 0 Å². The molecule has 0 saturated carbocycles. The molecule has 0 unspecified atom stereocenters. The molecule has 0 radical (unpaired) electrons. The van der Waals surface area contributed by atoms with E-state index < -0.39 is 0 Å². The highest BCUT2D eigenvalue weighted by Gasteiger charge is 2.19. The summed E-state index contributed by atoms with van der Waals surface area (Å²) >= 11 is 13.4. The number of fused-ring (bicyclic) bond motifs is 1. The predicted molar refractivity (Wildman–Crippen MR) is 91.3 cm³/mol. The van der Waals surface area contributed by atoms with Crippen LogP contribution in [0.3, 0.4) is 0 Å². The first-order valence-electron chi connectivity index (χ1n) is 6.71. The number of likely N-dealkylation sites (N-methyl/N-ethyl adjacent to an activating group) is 1. The first-order valence-corrected chi connectivity index (χ1v) is 8.28. The summed E-state index contributed by atoms with van der Waals surface area (Å²) in [6.07, 6.45) is 0.908. The largest absolute Gasteiger partial charge is 0.325 e. The minimum absolute atomic E-state index is 0.386. The van der Waals surface area contributed by atoms with Crippen LogP contribution in [0.15, 0.2) is 18.2 Å². The Bertz CT molecular complexity index is 719. The average molecular weight is 357 g/mol. The second-order valence-corrected chi connectivity index (χ2v) is 7.01. The van der Waals surface area contributed by atoms with Gasteiger partial charge in [0, 0.05) is 29.4 Å². The van der Waals surface area contributed by atoms with Crippen molar-refractivity contribution < 1.29 is 4.79 Å². The van der Waals surface area contributed by atoms with Crippen molar-refractivity contribution in [3.63, 3.8) is 0 Å². The maximum atomic E-state index is 12.1. The van der Waals surface area contributed by atoms with Gasteiger partial charge in [-0.15, -0.1) is 11.3 Å². The number of nitrogens with one attached hydrogen (secondary N) is 2. The quantitative estimate of drug-likeness (QED) is 0.852. The van der Waals surface area contributed by atoms with Crippen LogP contribution in [0.4, 0.5) is 15.6 Å². The lowest BCUT2D eigenvalue weighted by Crippen LogP contribution is -2.25. The highest BCUT2D eigenvalue weighted by molar-refractivity contribution is 7.15. The molecule has 5 nitrogen and oxygen atoms in total. The van der Waals surface area contributed by atoms with E-state index in [1.165, 1.54) is 16.2 Å². The van der Waals surface area contributed by atoms with E-state index in [9.17, 15) is 4.79 Å². The fraction of sp³-hybridized carbons (Fsp3) is 0.286. The lowest BCUT2D eigenvalue weighted by atomic mass is 10.2. The van der Waals surface area contributed by atoms with Crippen LogP contribution >= 0.6 is 34.5 Å². The fourth-order valence-corrected chi connectivity index (χ4v) is 3.64. The van der Waals surface area contributed by atoms with Crippen LogP contribution in [-0.4, -0.2) is 29.5 Å². The van der Waals surface area contributed by atoms with Crippen LogP contribution in [0, 0.1) is 0 Å². The van der Waals surface area contributed by atoms with E-state index in [0.29, 0.717) is 20.9 Å². The van der Waals surface area contributed by atoms with Gasteiger partial charge in [-0.3, -0.25) is 5.32 Å². The van der Waals surface area contributed by atoms with Crippen molar-refractivity contribution in [2.75, 3.05) is 24.2 Å². The van der Waals surface area contributed by atoms with Crippen LogP contribution in [0.2, 0.25) is 10.0 Å². The molecule has 2 heterocycles. The van der Waals surface area contributed by atoms with Gasteiger partial charge in [-0.1, -0.05) is 23.2 Å². The lowest BCUT2D eigenvalue weighted by molar-refractivity contribution is 0.262. The first-order chi connectivity index (χ1) is 10.5. The molecule has 1 aliphatic heterocycles. The molecular formula is C14H14Cl2N4OS. The Balaban J connectivity index is 1.68. The Morgan fingerprint density at radius 3 is 3.00 bits per heavy atom. The minimum Gasteiger partial charge on any atom is -0.306 e. The van der Waals surface area contributed by atoms with Crippen molar-refractivity contribution in [1.29, 1.82) is 0 Å². The van der Waals surface area contributed by atoms with E-state index in [1.807, 2.05) is 0 Å². The third kappa shape index (κ3) is 3.52. The number of aromatic nitrogens is 1. The number of nitrogens with zero attached hydrogens (tertiary/aromatic N) is 2. The molecule has 0 atom stereocenters. The smallest absolute Gasteiger partial charge is 0.306 e. The molecule has 2 amide bonds. The molecule has 1 aromatic carbocycles. The molecule has 2 aromatic rings. The van der Waals surface area contributed by atoms with Gasteiger partial charge >= 0.3 is 6.03 Å². The molecule has 22 heavy (non-hydrogen) atoms. The second kappa shape index (κ2) is 6.42. The summed E-state index contributed by atoms with van der Waals surface area (Å²) in [5.74, 6) is 0. The van der Waals surface area contributed by atoms with E-state index in [0.717, 1.165) is 25.2 Å². The monoisotopic (exact) mass is 356 g/mol. The number of hydrogen-bond acceptors (Lipinski definition) is 4. The Morgan fingerprint density at radius 2 is 2.18 bits per heavy atom. The van der Waals surface area contributed by atoms with E-state index in [2.05, 4.69) is 27.6 Å². The molecule has 0 bridgehead atoms. The third-order valence-electron chi connectivity index (χ3n) is 3.32. The number of halogens is 2. The van der Waals surface area contributed by atoms with Gasteiger partial charge in [-0.2, -0.15) is 0 Å². The van der Waals surface area contributed by atoms with Crippen LogP contribution in [0.25, 0.3) is 0 Å². The highest BCUT2D eigenvalue weighted by Crippen LogP contribution is 2.29. The molecule has 8 heteroatoms. The summed E-state index contributed by atoms with van der Waals surface area (Å²) in [7, 11) is 2.07. The Labute approximate surface area is 142 Å². The van der Waals surface area contributed by atoms with E-state index >= 15 is 0 Å². The molecular weight excluding hydrogens is 343 g/mol. The van der Waals surface area contributed by atoms with E-state index in [4.69, 9.17) is 23.2 Å². The average Bonchev–Trinajstić information content (AvgIpc) is 2.84. The molecule has 0 aliphatic carbocycles. The molecule has 0 fully saturated rings. The summed E-state index contributed by atoms with van der Waals surface area (Å²) < 4.78 is 0. The van der Waals surface area contributed by atoms with Gasteiger partial charge in [0.05, 0.1) is 16.4 Å². The summed E-state index contributed by atoms with van der Waals surface area (Å²) in [4.78, 5) is 20.0. The SMILES string of the molecule is CN1CCc2nc(NC(=O)Nc3cc(Cl)ccc3Cl)sc2C1. The summed E-state index contributed by atoms with van der Waals surface area (Å²) in [5.41, 5.74) is 1.53. The first kappa shape index (κ1) is 15.6. The number of hydrogen-bond donors (Lipinski definition) is 2. The number of amides is 2. The Kier molecular flexibility index (Phi) is 4.54. The standard InChI is InChI=1S/C14H14Cl2N4OS/c1-20-5-4-10-12(7-20)22-14(18-10)19-13(21)17-11-6-8(15)2-3-9(11)16/h2-3,6H,4-5,7H2,1H3,(H2,17,18,19,21). The van der Waals surface area contributed by atoms with E-state index in [-0.39, 0.29) is 6.03 Å². The normalized spacial score (nSPS) is 14.5. The summed E-state index contributed by atoms with van der Waals surface area (Å²) in [6.45, 7) is 1.86. The third-order valence-corrected chi connectivity index (χ3v) is 4.88. The number of anilines is 2. The molecule has 0 spiro atoms. The maximum absolute atomic E-state index is 12.1. The molecule has 1 aromatic heterocycles. The van der Waals surface area contributed by atoms with Gasteiger partial charge in [-0.25, -0.2) is 9.78 Å². The van der Waals surface area contributed by atoms with Gasteiger partial charge in [0.15, 0.2) is 5.13 Å². The Morgan fingerprint density at radius 1 is 1.36 bits per heavy atom. The predicted octanol–water partition coefficient (Wildman–Crippen LogP) is 4.08. The van der Waals surface area contributed by atoms with Gasteiger partial charge in [-0.05, 0) is 25.2 Å². The number of urea groups is 1. The van der Waals surface area contributed by atoms with Crippen LogP contribution < -0.4 is 10.6 Å². The molecule has 0 saturated heterocycles. The zero-order valence-electron chi connectivity index (χ0n) is 11.8. The zero-order valence-corrected chi connectivity index (χ0v) is 14.1. The van der Waals surface area contributed by atoms with Crippen LogP contribution in [-0.2, 0) is 13.0 Å². The topological polar surface area (TPSA) is 57.3 Å². The van der Waals surface area contributed by atoms with Gasteiger partial charge < -0.3 is 10.2 Å². The van der Waals surface area contributed by atoms with Crippen molar-refractivity contribution in [1.82, 2.24) is 9.88 Å². The number of carbonyl (C=O) groups excluding carboxylic acids is 1. The van der Waals surface area contributed by atoms with Crippen molar-refractivity contribution in [2.24, 2.45) is 0 Å². The zero-order chi connectivity index (χ0) is 15.7. The van der Waals surface area contributed by atoms with Crippen molar-refractivity contribution in [2.45, 2.75) is 13.0 Å². The molecule has 3 rings (SSSR count). The fourth-order valence-electron chi connectivity index (χ4n) is 2.22. The highest BCUT2D eigenvalue weighted by atomic mass is 35.5. The molecule has 1 aliphatic rings. The van der Waals surface area contributed by atoms with Gasteiger partial charge in [0.2, 0.25) is 0 Å². The molecule has 116 valence electrons.